The van der Waals surface area contributed by atoms with Crippen LogP contribution in [0.15, 0.2) is 23.1 Å². The topological polar surface area (TPSA) is 44.4 Å². The van der Waals surface area contributed by atoms with Gasteiger partial charge < -0.3 is 10.6 Å². The van der Waals surface area contributed by atoms with E-state index in [9.17, 15) is 18.0 Å². The summed E-state index contributed by atoms with van der Waals surface area (Å²) in [4.78, 5) is 14.7. The molecule has 144 valence electrons. The van der Waals surface area contributed by atoms with Crippen LogP contribution in [0.2, 0.25) is 5.02 Å². The molecule has 1 fully saturated rings. The van der Waals surface area contributed by atoms with Gasteiger partial charge in [0.25, 0.3) is 0 Å². The lowest BCUT2D eigenvalue weighted by Crippen LogP contribution is -2.41. The standard InChI is InChI=1S/C17H21ClF3N3OS/c18-12-1-2-15-13(7-12)14(4-6-26-15)23-16(25)22-8-11-3-5-24(9-11)10-17(19,20)21/h1-2,7,11,14H,3-6,8-10H2,(H2,22,23,25)/t11-,14-/m1/s1. The predicted octanol–water partition coefficient (Wildman–Crippen LogP) is 4.06. The van der Waals surface area contributed by atoms with Crippen LogP contribution in [-0.2, 0) is 0 Å². The van der Waals surface area contributed by atoms with Gasteiger partial charge >= 0.3 is 12.2 Å². The summed E-state index contributed by atoms with van der Waals surface area (Å²) in [7, 11) is 0. The number of urea groups is 1. The molecule has 2 N–H and O–H groups in total. The Labute approximate surface area is 159 Å². The molecule has 0 spiro atoms. The van der Waals surface area contributed by atoms with Gasteiger partial charge in [-0.25, -0.2) is 4.79 Å². The normalized spacial score (nSPS) is 23.5. The van der Waals surface area contributed by atoms with E-state index in [0.29, 0.717) is 31.1 Å². The summed E-state index contributed by atoms with van der Waals surface area (Å²) in [5.41, 5.74) is 1.01. The van der Waals surface area contributed by atoms with E-state index in [1.165, 1.54) is 4.90 Å². The van der Waals surface area contributed by atoms with Gasteiger partial charge in [0.05, 0.1) is 12.6 Å². The number of halogens is 4. The summed E-state index contributed by atoms with van der Waals surface area (Å²) < 4.78 is 37.3. The number of fused-ring (bicyclic) bond motifs is 1. The number of thioether (sulfide) groups is 1. The highest BCUT2D eigenvalue weighted by atomic mass is 35.5. The molecule has 2 aliphatic heterocycles. The molecule has 4 nitrogen and oxygen atoms in total. The maximum atomic E-state index is 12.4. The van der Waals surface area contributed by atoms with Crippen LogP contribution in [0.4, 0.5) is 18.0 Å². The first-order valence-electron chi connectivity index (χ1n) is 8.56. The van der Waals surface area contributed by atoms with Crippen molar-refractivity contribution >= 4 is 29.4 Å². The Hall–Kier alpha value is -1.12. The van der Waals surface area contributed by atoms with Crippen molar-refractivity contribution in [3.8, 4) is 0 Å². The summed E-state index contributed by atoms with van der Waals surface area (Å²) >= 11 is 7.80. The van der Waals surface area contributed by atoms with Gasteiger partial charge in [0, 0.05) is 28.8 Å². The van der Waals surface area contributed by atoms with E-state index >= 15 is 0 Å². The fourth-order valence-corrected chi connectivity index (χ4v) is 4.72. The van der Waals surface area contributed by atoms with Gasteiger partial charge in [0.1, 0.15) is 0 Å². The highest BCUT2D eigenvalue weighted by Gasteiger charge is 2.34. The Morgan fingerprint density at radius 2 is 2.15 bits per heavy atom. The number of carbonyl (C=O) groups is 1. The van der Waals surface area contributed by atoms with Crippen LogP contribution in [0.1, 0.15) is 24.4 Å². The Morgan fingerprint density at radius 1 is 1.35 bits per heavy atom. The van der Waals surface area contributed by atoms with Crippen molar-refractivity contribution in [2.75, 3.05) is 31.9 Å². The van der Waals surface area contributed by atoms with E-state index in [0.717, 1.165) is 22.6 Å². The summed E-state index contributed by atoms with van der Waals surface area (Å²) in [6.07, 6.45) is -2.70. The highest BCUT2D eigenvalue weighted by molar-refractivity contribution is 7.99. The molecule has 1 aromatic rings. The van der Waals surface area contributed by atoms with Crippen LogP contribution in [-0.4, -0.2) is 49.0 Å². The number of carbonyl (C=O) groups excluding carboxylic acids is 1. The minimum absolute atomic E-state index is 0.0479. The van der Waals surface area contributed by atoms with Gasteiger partial charge in [0.15, 0.2) is 0 Å². The number of likely N-dealkylation sites (tertiary alicyclic amines) is 1. The molecule has 2 amide bonds. The molecule has 2 aliphatic rings. The van der Waals surface area contributed by atoms with Crippen molar-refractivity contribution in [3.63, 3.8) is 0 Å². The molecular formula is C17H21ClF3N3OS. The van der Waals surface area contributed by atoms with Crippen molar-refractivity contribution < 1.29 is 18.0 Å². The number of alkyl halides is 3. The number of nitrogens with one attached hydrogen (secondary N) is 2. The fourth-order valence-electron chi connectivity index (χ4n) is 3.44. The van der Waals surface area contributed by atoms with Crippen molar-refractivity contribution in [2.24, 2.45) is 5.92 Å². The molecule has 2 heterocycles. The number of rotatable bonds is 4. The van der Waals surface area contributed by atoms with E-state index in [1.807, 2.05) is 18.2 Å². The monoisotopic (exact) mass is 407 g/mol. The third-order valence-corrected chi connectivity index (χ3v) is 6.00. The molecule has 0 bridgehead atoms. The smallest absolute Gasteiger partial charge is 0.338 e. The quantitative estimate of drug-likeness (QED) is 0.791. The maximum Gasteiger partial charge on any atom is 0.401 e. The second-order valence-electron chi connectivity index (χ2n) is 6.73. The zero-order valence-corrected chi connectivity index (χ0v) is 15.7. The first-order valence-corrected chi connectivity index (χ1v) is 9.92. The van der Waals surface area contributed by atoms with Gasteiger partial charge in [-0.15, -0.1) is 11.8 Å². The van der Waals surface area contributed by atoms with Crippen molar-refractivity contribution in [1.29, 1.82) is 0 Å². The number of amides is 2. The van der Waals surface area contributed by atoms with Crippen LogP contribution in [0.5, 0.6) is 0 Å². The maximum absolute atomic E-state index is 12.4. The molecule has 0 aromatic heterocycles. The van der Waals surface area contributed by atoms with Crippen molar-refractivity contribution in [3.05, 3.63) is 28.8 Å². The first-order chi connectivity index (χ1) is 12.3. The molecule has 0 saturated carbocycles. The zero-order chi connectivity index (χ0) is 18.7. The molecule has 26 heavy (non-hydrogen) atoms. The van der Waals surface area contributed by atoms with Crippen LogP contribution >= 0.6 is 23.4 Å². The molecule has 3 rings (SSSR count). The molecule has 0 unspecified atom stereocenters. The second kappa shape index (κ2) is 8.27. The summed E-state index contributed by atoms with van der Waals surface area (Å²) in [6, 6.07) is 5.28. The minimum atomic E-state index is -4.17. The largest absolute Gasteiger partial charge is 0.401 e. The van der Waals surface area contributed by atoms with Gasteiger partial charge in [-0.05, 0) is 49.1 Å². The number of benzene rings is 1. The summed E-state index contributed by atoms with van der Waals surface area (Å²) in [5.74, 6) is 0.959. The SMILES string of the molecule is O=C(NC[C@H]1CCN(CC(F)(F)F)C1)N[C@@H]1CCSc2ccc(Cl)cc21. The molecule has 0 aliphatic carbocycles. The van der Waals surface area contributed by atoms with Gasteiger partial charge in [-0.1, -0.05) is 11.6 Å². The number of hydrogen-bond acceptors (Lipinski definition) is 3. The lowest BCUT2D eigenvalue weighted by atomic mass is 10.0. The third kappa shape index (κ3) is 5.44. The van der Waals surface area contributed by atoms with Crippen LogP contribution in [0, 0.1) is 5.92 Å². The molecule has 0 radical (unpaired) electrons. The molecular weight excluding hydrogens is 387 g/mol. The number of hydrogen-bond donors (Lipinski definition) is 2. The molecule has 1 aromatic carbocycles. The van der Waals surface area contributed by atoms with Gasteiger partial charge in [-0.2, -0.15) is 13.2 Å². The van der Waals surface area contributed by atoms with E-state index < -0.39 is 12.7 Å². The van der Waals surface area contributed by atoms with E-state index in [4.69, 9.17) is 11.6 Å². The van der Waals surface area contributed by atoms with Gasteiger partial charge in [0.2, 0.25) is 0 Å². The van der Waals surface area contributed by atoms with E-state index in [1.54, 1.807) is 11.8 Å². The highest BCUT2D eigenvalue weighted by Crippen LogP contribution is 2.37. The lowest BCUT2D eigenvalue weighted by Gasteiger charge is -2.26. The van der Waals surface area contributed by atoms with Crippen molar-refractivity contribution in [1.82, 2.24) is 15.5 Å². The number of nitrogens with zero attached hydrogens (tertiary/aromatic N) is 1. The zero-order valence-electron chi connectivity index (χ0n) is 14.1. The Kier molecular flexibility index (Phi) is 6.25. The minimum Gasteiger partial charge on any atom is -0.338 e. The van der Waals surface area contributed by atoms with E-state index in [2.05, 4.69) is 10.6 Å². The second-order valence-corrected chi connectivity index (χ2v) is 8.30. The first kappa shape index (κ1) is 19.6. The third-order valence-electron chi connectivity index (χ3n) is 4.64. The van der Waals surface area contributed by atoms with E-state index in [-0.39, 0.29) is 18.0 Å². The average molecular weight is 408 g/mol. The Balaban J connectivity index is 1.47. The van der Waals surface area contributed by atoms with Crippen LogP contribution in [0.25, 0.3) is 0 Å². The Morgan fingerprint density at radius 3 is 2.92 bits per heavy atom. The fraction of sp³-hybridized carbons (Fsp3) is 0.588. The Bertz CT molecular complexity index is 659. The van der Waals surface area contributed by atoms with Crippen LogP contribution in [0.3, 0.4) is 0 Å². The van der Waals surface area contributed by atoms with Gasteiger partial charge in [-0.3, -0.25) is 4.90 Å². The molecule has 2 atom stereocenters. The predicted molar refractivity (Wildman–Crippen MR) is 96.7 cm³/mol. The average Bonchev–Trinajstić information content (AvgIpc) is 2.99. The lowest BCUT2D eigenvalue weighted by molar-refractivity contribution is -0.143. The summed E-state index contributed by atoms with van der Waals surface area (Å²) in [6.45, 7) is 0.272. The molecule has 9 heteroatoms. The van der Waals surface area contributed by atoms with Crippen molar-refractivity contribution in [2.45, 2.75) is 30.0 Å². The summed E-state index contributed by atoms with van der Waals surface area (Å²) in [5, 5.41) is 6.40. The molecule has 1 saturated heterocycles. The van der Waals surface area contributed by atoms with Crippen LogP contribution < -0.4 is 10.6 Å².